The Hall–Kier alpha value is -3.50. The first kappa shape index (κ1) is 22.0. The normalized spacial score (nSPS) is 16.9. The Morgan fingerprint density at radius 2 is 1.94 bits per heavy atom. The van der Waals surface area contributed by atoms with Crippen LogP contribution in [0.2, 0.25) is 0 Å². The molecule has 180 valence electrons. The fourth-order valence-corrected chi connectivity index (χ4v) is 6.32. The lowest BCUT2D eigenvalue weighted by molar-refractivity contribution is -0.120. The summed E-state index contributed by atoms with van der Waals surface area (Å²) in [4.78, 5) is 48.9. The van der Waals surface area contributed by atoms with E-state index in [1.54, 1.807) is 12.3 Å². The number of para-hydroxylation sites is 1. The molecule has 9 nitrogen and oxygen atoms in total. The molecule has 2 saturated heterocycles. The first-order chi connectivity index (χ1) is 17.1. The van der Waals surface area contributed by atoms with Crippen LogP contribution in [0.25, 0.3) is 26.1 Å². The molecular formula is C25H26N6O3S. The number of rotatable bonds is 5. The average molecular weight is 491 g/mol. The Balaban J connectivity index is 1.53. The van der Waals surface area contributed by atoms with Gasteiger partial charge in [0.15, 0.2) is 5.65 Å². The van der Waals surface area contributed by atoms with Crippen molar-refractivity contribution >= 4 is 54.9 Å². The molecule has 0 atom stereocenters. The average Bonchev–Trinajstić information content (AvgIpc) is 3.51. The second kappa shape index (κ2) is 8.94. The Morgan fingerprint density at radius 1 is 1.11 bits per heavy atom. The van der Waals surface area contributed by atoms with E-state index in [9.17, 15) is 14.4 Å². The summed E-state index contributed by atoms with van der Waals surface area (Å²) in [6, 6.07) is 9.60. The van der Waals surface area contributed by atoms with Crippen molar-refractivity contribution in [2.45, 2.75) is 12.8 Å². The van der Waals surface area contributed by atoms with Gasteiger partial charge >= 0.3 is 0 Å². The molecule has 35 heavy (non-hydrogen) atoms. The molecule has 5 heterocycles. The molecule has 2 N–H and O–H groups in total. The maximum absolute atomic E-state index is 14.0. The van der Waals surface area contributed by atoms with Gasteiger partial charge in [-0.2, -0.15) is 0 Å². The van der Waals surface area contributed by atoms with Crippen LogP contribution < -0.4 is 21.0 Å². The van der Waals surface area contributed by atoms with Crippen LogP contribution in [0.3, 0.4) is 0 Å². The lowest BCUT2D eigenvalue weighted by Gasteiger charge is -2.29. The van der Waals surface area contributed by atoms with Gasteiger partial charge < -0.3 is 20.4 Å². The van der Waals surface area contributed by atoms with E-state index in [4.69, 9.17) is 0 Å². The Labute approximate surface area is 205 Å². The molecule has 0 radical (unpaired) electrons. The molecule has 0 unspecified atom stereocenters. The van der Waals surface area contributed by atoms with E-state index in [0.29, 0.717) is 41.2 Å². The largest absolute Gasteiger partial charge is 0.360 e. The van der Waals surface area contributed by atoms with Gasteiger partial charge in [0.2, 0.25) is 11.3 Å². The number of benzene rings is 1. The van der Waals surface area contributed by atoms with Crippen molar-refractivity contribution in [2.75, 3.05) is 50.7 Å². The van der Waals surface area contributed by atoms with Gasteiger partial charge in [-0.1, -0.05) is 12.1 Å². The number of thiazole rings is 1. The van der Waals surface area contributed by atoms with Gasteiger partial charge in [-0.3, -0.25) is 18.8 Å². The first-order valence-electron chi connectivity index (χ1n) is 12.0. The van der Waals surface area contributed by atoms with Crippen molar-refractivity contribution in [3.63, 3.8) is 0 Å². The van der Waals surface area contributed by atoms with Crippen molar-refractivity contribution in [1.82, 2.24) is 24.9 Å². The second-order valence-electron chi connectivity index (χ2n) is 9.02. The minimum Gasteiger partial charge on any atom is -0.360 e. The van der Waals surface area contributed by atoms with Crippen molar-refractivity contribution in [2.24, 2.45) is 0 Å². The molecule has 4 aromatic rings. The molecule has 3 aromatic heterocycles. The van der Waals surface area contributed by atoms with Crippen LogP contribution in [-0.2, 0) is 4.79 Å². The van der Waals surface area contributed by atoms with Crippen LogP contribution >= 0.6 is 11.3 Å². The molecule has 2 fully saturated rings. The SMILES string of the molecule is O=C1CN(c2ccnc3c2c(=O)c(C(=O)NCCN2CCCC2)c2sc4ccccc4n23)CCN1. The monoisotopic (exact) mass is 490 g/mol. The van der Waals surface area contributed by atoms with E-state index in [1.165, 1.54) is 24.2 Å². The third-order valence-electron chi connectivity index (χ3n) is 6.82. The van der Waals surface area contributed by atoms with Gasteiger partial charge in [-0.05, 0) is 44.1 Å². The van der Waals surface area contributed by atoms with Gasteiger partial charge in [-0.15, -0.1) is 11.3 Å². The number of pyridine rings is 2. The van der Waals surface area contributed by atoms with Crippen LogP contribution in [0.1, 0.15) is 23.2 Å². The summed E-state index contributed by atoms with van der Waals surface area (Å²) in [5.41, 5.74) is 1.81. The molecule has 0 saturated carbocycles. The number of fused-ring (bicyclic) bond motifs is 5. The minimum atomic E-state index is -0.369. The molecule has 0 spiro atoms. The fraction of sp³-hybridized carbons (Fsp3) is 0.360. The predicted octanol–water partition coefficient (Wildman–Crippen LogP) is 1.82. The Bertz CT molecular complexity index is 1520. The number of nitrogens with zero attached hydrogens (tertiary/aromatic N) is 4. The van der Waals surface area contributed by atoms with Gasteiger partial charge in [0.25, 0.3) is 5.91 Å². The number of nitrogens with one attached hydrogen (secondary N) is 2. The highest BCUT2D eigenvalue weighted by Crippen LogP contribution is 2.33. The number of carbonyl (C=O) groups excluding carboxylic acids is 2. The van der Waals surface area contributed by atoms with E-state index in [2.05, 4.69) is 20.5 Å². The number of carbonyl (C=O) groups is 2. The van der Waals surface area contributed by atoms with Gasteiger partial charge in [0.1, 0.15) is 10.4 Å². The highest BCUT2D eigenvalue weighted by molar-refractivity contribution is 7.24. The number of hydrogen-bond donors (Lipinski definition) is 2. The molecule has 2 aliphatic rings. The van der Waals surface area contributed by atoms with E-state index >= 15 is 0 Å². The zero-order chi connectivity index (χ0) is 23.9. The highest BCUT2D eigenvalue weighted by Gasteiger charge is 2.27. The molecule has 0 bridgehead atoms. The van der Waals surface area contributed by atoms with Gasteiger partial charge in [0.05, 0.1) is 27.8 Å². The molecule has 6 rings (SSSR count). The van der Waals surface area contributed by atoms with Crippen LogP contribution in [0, 0.1) is 0 Å². The number of amides is 2. The summed E-state index contributed by atoms with van der Waals surface area (Å²) >= 11 is 1.42. The summed E-state index contributed by atoms with van der Waals surface area (Å²) in [6.45, 7) is 4.58. The highest BCUT2D eigenvalue weighted by atomic mass is 32.1. The second-order valence-corrected chi connectivity index (χ2v) is 10.0. The quantitative estimate of drug-likeness (QED) is 0.443. The number of likely N-dealkylation sites (tertiary alicyclic amines) is 1. The fourth-order valence-electron chi connectivity index (χ4n) is 5.14. The summed E-state index contributed by atoms with van der Waals surface area (Å²) in [5, 5.41) is 6.18. The number of hydrogen-bond acceptors (Lipinski definition) is 7. The molecule has 2 amide bonds. The maximum atomic E-state index is 14.0. The lowest BCUT2D eigenvalue weighted by Crippen LogP contribution is -2.48. The third-order valence-corrected chi connectivity index (χ3v) is 7.97. The van der Waals surface area contributed by atoms with Crippen LogP contribution in [-0.4, -0.2) is 71.9 Å². The smallest absolute Gasteiger partial charge is 0.258 e. The Kier molecular flexibility index (Phi) is 5.62. The molecule has 1 aromatic carbocycles. The van der Waals surface area contributed by atoms with Gasteiger partial charge in [-0.25, -0.2) is 4.98 Å². The zero-order valence-corrected chi connectivity index (χ0v) is 20.1. The maximum Gasteiger partial charge on any atom is 0.258 e. The van der Waals surface area contributed by atoms with Crippen LogP contribution in [0.15, 0.2) is 41.3 Å². The van der Waals surface area contributed by atoms with E-state index < -0.39 is 0 Å². The Morgan fingerprint density at radius 3 is 2.77 bits per heavy atom. The zero-order valence-electron chi connectivity index (χ0n) is 19.2. The summed E-state index contributed by atoms with van der Waals surface area (Å²) in [5.74, 6) is -0.463. The van der Waals surface area contributed by atoms with E-state index in [0.717, 1.165) is 29.9 Å². The minimum absolute atomic E-state index is 0.0942. The summed E-state index contributed by atoms with van der Waals surface area (Å²) < 4.78 is 2.88. The van der Waals surface area contributed by atoms with Crippen molar-refractivity contribution < 1.29 is 9.59 Å². The summed E-state index contributed by atoms with van der Waals surface area (Å²) in [7, 11) is 0. The van der Waals surface area contributed by atoms with E-state index in [1.807, 2.05) is 33.6 Å². The van der Waals surface area contributed by atoms with Crippen LogP contribution in [0.5, 0.6) is 0 Å². The topological polar surface area (TPSA) is 99.0 Å². The standard InChI is InChI=1S/C25H26N6O3S/c32-19-15-30(14-10-26-19)17-7-8-27-23-20(17)22(33)21(24(34)28-9-13-29-11-3-4-12-29)25-31(23)16-5-1-2-6-18(16)35-25/h1-2,5-8H,3-4,9-15H2,(H,26,32)(H,28,34). The number of piperazine rings is 1. The molecule has 0 aliphatic carbocycles. The third kappa shape index (κ3) is 3.82. The van der Waals surface area contributed by atoms with Crippen molar-refractivity contribution in [1.29, 1.82) is 0 Å². The predicted molar refractivity (Wildman–Crippen MR) is 138 cm³/mol. The van der Waals surface area contributed by atoms with Gasteiger partial charge in [0, 0.05) is 32.4 Å². The lowest BCUT2D eigenvalue weighted by atomic mass is 10.1. The van der Waals surface area contributed by atoms with E-state index in [-0.39, 0.29) is 29.4 Å². The first-order valence-corrected chi connectivity index (χ1v) is 12.8. The molecule has 10 heteroatoms. The number of aromatic nitrogens is 2. The molecule has 2 aliphatic heterocycles. The molecular weight excluding hydrogens is 464 g/mol. The number of anilines is 1. The van der Waals surface area contributed by atoms with Crippen molar-refractivity contribution in [3.05, 3.63) is 52.3 Å². The van der Waals surface area contributed by atoms with Crippen molar-refractivity contribution in [3.8, 4) is 0 Å². The van der Waals surface area contributed by atoms with Crippen LogP contribution in [0.4, 0.5) is 5.69 Å². The summed E-state index contributed by atoms with van der Waals surface area (Å²) in [6.07, 6.45) is 4.04.